The monoisotopic (exact) mass is 182 g/mol. The van der Waals surface area contributed by atoms with Crippen molar-refractivity contribution >= 4 is 11.9 Å². The Morgan fingerprint density at radius 2 is 1.31 bits per heavy atom. The Bertz CT molecular complexity index is 313. The van der Waals surface area contributed by atoms with Crippen LogP contribution < -0.4 is 0 Å². The van der Waals surface area contributed by atoms with E-state index in [4.69, 9.17) is 10.2 Å². The van der Waals surface area contributed by atoms with Crippen LogP contribution in [0.2, 0.25) is 0 Å². The Morgan fingerprint density at radius 1 is 1.00 bits per heavy atom. The van der Waals surface area contributed by atoms with Gasteiger partial charge in [0, 0.05) is 17.6 Å². The molecule has 2 N–H and O–H groups in total. The van der Waals surface area contributed by atoms with Gasteiger partial charge < -0.3 is 10.2 Å². The fourth-order valence-electron chi connectivity index (χ4n) is 1.37. The Hall–Kier alpha value is -1.58. The Balaban J connectivity index is 3.08. The van der Waals surface area contributed by atoms with Gasteiger partial charge in [0.15, 0.2) is 0 Å². The van der Waals surface area contributed by atoms with E-state index < -0.39 is 11.9 Å². The molecule has 1 aliphatic carbocycles. The van der Waals surface area contributed by atoms with E-state index in [1.165, 1.54) is 0 Å². The minimum atomic E-state index is -1.03. The first-order chi connectivity index (χ1) is 5.95. The van der Waals surface area contributed by atoms with Gasteiger partial charge in [-0.2, -0.15) is 0 Å². The van der Waals surface area contributed by atoms with E-state index in [0.717, 1.165) is 0 Å². The van der Waals surface area contributed by atoms with Crippen LogP contribution in [0.1, 0.15) is 20.3 Å². The number of hydrogen-bond acceptors (Lipinski definition) is 2. The van der Waals surface area contributed by atoms with Crippen molar-refractivity contribution in [2.24, 2.45) is 0 Å². The van der Waals surface area contributed by atoms with Gasteiger partial charge in [-0.1, -0.05) is 0 Å². The summed E-state index contributed by atoms with van der Waals surface area (Å²) in [7, 11) is 0. The highest BCUT2D eigenvalue weighted by molar-refractivity contribution is 5.98. The van der Waals surface area contributed by atoms with Crippen molar-refractivity contribution in [1.82, 2.24) is 0 Å². The Morgan fingerprint density at radius 3 is 1.46 bits per heavy atom. The minimum Gasteiger partial charge on any atom is -0.478 e. The molecule has 70 valence electrons. The first-order valence-corrected chi connectivity index (χ1v) is 3.81. The van der Waals surface area contributed by atoms with Gasteiger partial charge in [-0.3, -0.25) is 0 Å². The SMILES string of the molecule is CC1=C(C(=O)O)CC(C(=O)O)=C1C. The third-order valence-electron chi connectivity index (χ3n) is 2.34. The number of allylic oxidation sites excluding steroid dienone is 2. The summed E-state index contributed by atoms with van der Waals surface area (Å²) >= 11 is 0. The Kier molecular flexibility index (Phi) is 2.23. The smallest absolute Gasteiger partial charge is 0.332 e. The highest BCUT2D eigenvalue weighted by atomic mass is 16.4. The molecule has 0 fully saturated rings. The molecular formula is C9H10O4. The molecule has 0 aliphatic heterocycles. The topological polar surface area (TPSA) is 74.6 Å². The average molecular weight is 182 g/mol. The molecule has 0 aromatic rings. The predicted molar refractivity (Wildman–Crippen MR) is 45.3 cm³/mol. The highest BCUT2D eigenvalue weighted by Gasteiger charge is 2.26. The molecule has 0 atom stereocenters. The van der Waals surface area contributed by atoms with Gasteiger partial charge >= 0.3 is 11.9 Å². The lowest BCUT2D eigenvalue weighted by atomic mass is 10.1. The lowest BCUT2D eigenvalue weighted by Gasteiger charge is -1.96. The normalized spacial score (nSPS) is 16.8. The van der Waals surface area contributed by atoms with Crippen molar-refractivity contribution in [2.45, 2.75) is 20.3 Å². The third-order valence-corrected chi connectivity index (χ3v) is 2.34. The second-order valence-corrected chi connectivity index (χ2v) is 2.99. The van der Waals surface area contributed by atoms with Crippen molar-refractivity contribution in [3.63, 3.8) is 0 Å². The van der Waals surface area contributed by atoms with E-state index in [1.807, 2.05) is 0 Å². The van der Waals surface area contributed by atoms with Gasteiger partial charge in [0.05, 0.1) is 0 Å². The van der Waals surface area contributed by atoms with Crippen LogP contribution in [0.4, 0.5) is 0 Å². The summed E-state index contributed by atoms with van der Waals surface area (Å²) in [6.45, 7) is 3.27. The molecule has 1 aliphatic rings. The first-order valence-electron chi connectivity index (χ1n) is 3.81. The zero-order valence-electron chi connectivity index (χ0n) is 7.42. The maximum absolute atomic E-state index is 10.6. The molecule has 0 bridgehead atoms. The first kappa shape index (κ1) is 9.51. The molecule has 0 heterocycles. The number of aliphatic carboxylic acids is 2. The van der Waals surface area contributed by atoms with Crippen molar-refractivity contribution in [3.8, 4) is 0 Å². The molecule has 0 aromatic heterocycles. The zero-order chi connectivity index (χ0) is 10.2. The number of carbonyl (C=O) groups is 2. The van der Waals surface area contributed by atoms with Gasteiger partial charge in [-0.15, -0.1) is 0 Å². The average Bonchev–Trinajstić information content (AvgIpc) is 2.29. The number of carboxylic acid groups (broad SMARTS) is 2. The van der Waals surface area contributed by atoms with Crippen LogP contribution in [0.15, 0.2) is 22.3 Å². The van der Waals surface area contributed by atoms with E-state index in [0.29, 0.717) is 11.1 Å². The Labute approximate surface area is 75.2 Å². The molecule has 0 aromatic carbocycles. The molecule has 1 rings (SSSR count). The van der Waals surface area contributed by atoms with Crippen LogP contribution in [-0.2, 0) is 9.59 Å². The maximum atomic E-state index is 10.6. The van der Waals surface area contributed by atoms with Crippen molar-refractivity contribution < 1.29 is 19.8 Å². The van der Waals surface area contributed by atoms with Crippen LogP contribution in [0.25, 0.3) is 0 Å². The molecule has 0 saturated carbocycles. The fourth-order valence-corrected chi connectivity index (χ4v) is 1.37. The van der Waals surface area contributed by atoms with E-state index >= 15 is 0 Å². The predicted octanol–water partition coefficient (Wildman–Crippen LogP) is 1.19. The summed E-state index contributed by atoms with van der Waals surface area (Å²) < 4.78 is 0. The van der Waals surface area contributed by atoms with Crippen molar-refractivity contribution in [1.29, 1.82) is 0 Å². The molecule has 13 heavy (non-hydrogen) atoms. The fraction of sp³-hybridized carbons (Fsp3) is 0.333. The quantitative estimate of drug-likeness (QED) is 0.672. The second kappa shape index (κ2) is 3.05. The largest absolute Gasteiger partial charge is 0.478 e. The lowest BCUT2D eigenvalue weighted by Crippen LogP contribution is -2.03. The van der Waals surface area contributed by atoms with Crippen LogP contribution >= 0.6 is 0 Å². The van der Waals surface area contributed by atoms with Crippen molar-refractivity contribution in [2.75, 3.05) is 0 Å². The summed E-state index contributed by atoms with van der Waals surface area (Å²) in [4.78, 5) is 21.3. The van der Waals surface area contributed by atoms with Gasteiger partial charge in [0.1, 0.15) is 0 Å². The van der Waals surface area contributed by atoms with Crippen LogP contribution in [0.5, 0.6) is 0 Å². The van der Waals surface area contributed by atoms with E-state index in [2.05, 4.69) is 0 Å². The standard InChI is InChI=1S/C9H10O4/c1-4-5(2)7(9(12)13)3-6(4)8(10)11/h3H2,1-2H3,(H,10,11)(H,12,13). The van der Waals surface area contributed by atoms with Gasteiger partial charge in [0.2, 0.25) is 0 Å². The molecule has 0 amide bonds. The number of hydrogen-bond donors (Lipinski definition) is 2. The van der Waals surface area contributed by atoms with E-state index in [-0.39, 0.29) is 17.6 Å². The number of rotatable bonds is 2. The summed E-state index contributed by atoms with van der Waals surface area (Å²) in [6, 6.07) is 0. The molecule has 0 spiro atoms. The minimum absolute atomic E-state index is 0.0301. The number of carboxylic acids is 2. The third kappa shape index (κ3) is 1.47. The highest BCUT2D eigenvalue weighted by Crippen LogP contribution is 2.31. The van der Waals surface area contributed by atoms with Crippen LogP contribution in [0, 0.1) is 0 Å². The lowest BCUT2D eigenvalue weighted by molar-refractivity contribution is -0.132. The zero-order valence-corrected chi connectivity index (χ0v) is 7.42. The summed E-state index contributed by atoms with van der Waals surface area (Å²) in [5, 5.41) is 17.4. The van der Waals surface area contributed by atoms with Crippen LogP contribution in [-0.4, -0.2) is 22.2 Å². The van der Waals surface area contributed by atoms with Crippen LogP contribution in [0.3, 0.4) is 0 Å². The summed E-state index contributed by atoms with van der Waals surface area (Å²) in [6.07, 6.45) is 0.0301. The summed E-state index contributed by atoms with van der Waals surface area (Å²) in [5.41, 5.74) is 1.53. The molecule has 0 unspecified atom stereocenters. The molecular weight excluding hydrogens is 172 g/mol. The van der Waals surface area contributed by atoms with E-state index in [1.54, 1.807) is 13.8 Å². The maximum Gasteiger partial charge on any atom is 0.332 e. The second-order valence-electron chi connectivity index (χ2n) is 2.99. The summed E-state index contributed by atoms with van der Waals surface area (Å²) in [5.74, 6) is -2.07. The molecule has 0 saturated heterocycles. The van der Waals surface area contributed by atoms with Gasteiger partial charge in [-0.05, 0) is 25.0 Å². The van der Waals surface area contributed by atoms with E-state index in [9.17, 15) is 9.59 Å². The van der Waals surface area contributed by atoms with Gasteiger partial charge in [0.25, 0.3) is 0 Å². The van der Waals surface area contributed by atoms with Gasteiger partial charge in [-0.25, -0.2) is 9.59 Å². The molecule has 4 heteroatoms. The molecule has 4 nitrogen and oxygen atoms in total. The van der Waals surface area contributed by atoms with Crippen molar-refractivity contribution in [3.05, 3.63) is 22.3 Å². The molecule has 0 radical (unpaired) electrons.